The number of nitrogens with one attached hydrogen (secondary N) is 2. The normalized spacial score (nSPS) is 23.9. The number of hydrogen-bond acceptors (Lipinski definition) is 3. The van der Waals surface area contributed by atoms with Crippen LogP contribution in [0, 0.1) is 0 Å². The largest absolute Gasteiger partial charge is 0.485 e. The Morgan fingerprint density at radius 1 is 1.11 bits per heavy atom. The molecule has 0 aromatic heterocycles. The van der Waals surface area contributed by atoms with Gasteiger partial charge in [0.15, 0.2) is 0 Å². The molecular weight excluding hydrogens is 236 g/mol. The third-order valence-corrected chi connectivity index (χ3v) is 4.19. The van der Waals surface area contributed by atoms with Gasteiger partial charge in [0.05, 0.1) is 12.2 Å². The fraction of sp³-hybridized carbons (Fsp3) is 0.625. The molecule has 1 fully saturated rings. The number of hydrogen-bond donors (Lipinski definition) is 2. The summed E-state index contributed by atoms with van der Waals surface area (Å²) in [4.78, 5) is 0. The highest BCUT2D eigenvalue weighted by Gasteiger charge is 2.20. The van der Waals surface area contributed by atoms with Gasteiger partial charge in [-0.15, -0.1) is 0 Å². The molecule has 1 unspecified atom stereocenters. The molecule has 1 heterocycles. The van der Waals surface area contributed by atoms with Gasteiger partial charge < -0.3 is 15.4 Å². The summed E-state index contributed by atoms with van der Waals surface area (Å²) in [5, 5.41) is 7.14. The van der Waals surface area contributed by atoms with Gasteiger partial charge in [-0.1, -0.05) is 37.8 Å². The van der Waals surface area contributed by atoms with E-state index in [9.17, 15) is 0 Å². The van der Waals surface area contributed by atoms with Crippen molar-refractivity contribution in [3.8, 4) is 5.75 Å². The Morgan fingerprint density at radius 3 is 2.74 bits per heavy atom. The van der Waals surface area contributed by atoms with Crippen LogP contribution in [0.25, 0.3) is 0 Å². The van der Waals surface area contributed by atoms with Gasteiger partial charge in [0.25, 0.3) is 0 Å². The first-order valence-electron chi connectivity index (χ1n) is 7.65. The summed E-state index contributed by atoms with van der Waals surface area (Å²) in [6.45, 7) is 1.85. The molecule has 0 saturated heterocycles. The second-order valence-corrected chi connectivity index (χ2v) is 5.71. The first-order valence-corrected chi connectivity index (χ1v) is 7.65. The fourth-order valence-electron chi connectivity index (χ4n) is 3.06. The lowest BCUT2D eigenvalue weighted by Crippen LogP contribution is -2.43. The number of anilines is 1. The van der Waals surface area contributed by atoms with E-state index in [2.05, 4.69) is 16.7 Å². The summed E-state index contributed by atoms with van der Waals surface area (Å²) in [5.74, 6) is 0.987. The maximum Gasteiger partial charge on any atom is 0.142 e. The third kappa shape index (κ3) is 3.41. The van der Waals surface area contributed by atoms with Crippen LogP contribution in [0.15, 0.2) is 24.3 Å². The predicted molar refractivity (Wildman–Crippen MR) is 78.8 cm³/mol. The molecule has 104 valence electrons. The van der Waals surface area contributed by atoms with Gasteiger partial charge in [0, 0.05) is 12.6 Å². The van der Waals surface area contributed by atoms with Crippen LogP contribution in [0.2, 0.25) is 0 Å². The molecule has 0 bridgehead atoms. The van der Waals surface area contributed by atoms with Crippen molar-refractivity contribution in [1.82, 2.24) is 5.32 Å². The topological polar surface area (TPSA) is 33.3 Å². The molecule has 3 rings (SSSR count). The SMILES string of the molecule is c1ccc2c(c1)NCC(CNC1CCCCCC1)O2. The molecule has 1 saturated carbocycles. The second-order valence-electron chi connectivity index (χ2n) is 5.71. The second kappa shape index (κ2) is 6.29. The Bertz CT molecular complexity index is 399. The van der Waals surface area contributed by atoms with E-state index in [1.165, 1.54) is 38.5 Å². The first kappa shape index (κ1) is 12.8. The zero-order valence-corrected chi connectivity index (χ0v) is 11.5. The van der Waals surface area contributed by atoms with Crippen LogP contribution in [-0.2, 0) is 0 Å². The lowest BCUT2D eigenvalue weighted by Gasteiger charge is -2.29. The summed E-state index contributed by atoms with van der Waals surface area (Å²) in [5.41, 5.74) is 1.12. The van der Waals surface area contributed by atoms with Gasteiger partial charge in [-0.2, -0.15) is 0 Å². The zero-order chi connectivity index (χ0) is 12.9. The quantitative estimate of drug-likeness (QED) is 0.819. The lowest BCUT2D eigenvalue weighted by atomic mass is 10.1. The zero-order valence-electron chi connectivity index (χ0n) is 11.5. The standard InChI is InChI=1S/C16H24N2O/c1-2-4-8-13(7-3-1)17-11-14-12-18-15-9-5-6-10-16(15)19-14/h5-6,9-10,13-14,17-18H,1-4,7-8,11-12H2. The number of para-hydroxylation sites is 2. The maximum absolute atomic E-state index is 6.03. The minimum atomic E-state index is 0.248. The third-order valence-electron chi connectivity index (χ3n) is 4.19. The van der Waals surface area contributed by atoms with Gasteiger partial charge in [0.2, 0.25) is 0 Å². The van der Waals surface area contributed by atoms with Gasteiger partial charge in [-0.25, -0.2) is 0 Å². The first-order chi connectivity index (χ1) is 9.42. The van der Waals surface area contributed by atoms with Crippen molar-refractivity contribution in [2.75, 3.05) is 18.4 Å². The summed E-state index contributed by atoms with van der Waals surface area (Å²) in [6, 6.07) is 8.88. The van der Waals surface area contributed by atoms with E-state index in [1.807, 2.05) is 18.2 Å². The summed E-state index contributed by atoms with van der Waals surface area (Å²) >= 11 is 0. The van der Waals surface area contributed by atoms with Gasteiger partial charge in [-0.3, -0.25) is 0 Å². The maximum atomic E-state index is 6.03. The fourth-order valence-corrected chi connectivity index (χ4v) is 3.06. The molecule has 3 heteroatoms. The van der Waals surface area contributed by atoms with E-state index in [1.54, 1.807) is 0 Å². The predicted octanol–water partition coefficient (Wildman–Crippen LogP) is 3.17. The van der Waals surface area contributed by atoms with E-state index in [0.29, 0.717) is 6.04 Å². The van der Waals surface area contributed by atoms with Crippen LogP contribution >= 0.6 is 0 Å². The summed E-state index contributed by atoms with van der Waals surface area (Å²) in [6.07, 6.45) is 8.49. The average Bonchev–Trinajstić information content (AvgIpc) is 2.73. The highest BCUT2D eigenvalue weighted by atomic mass is 16.5. The Morgan fingerprint density at radius 2 is 1.89 bits per heavy atom. The molecule has 1 aromatic rings. The molecule has 1 aliphatic heterocycles. The smallest absolute Gasteiger partial charge is 0.142 e. The molecular formula is C16H24N2O. The molecule has 2 N–H and O–H groups in total. The summed E-state index contributed by atoms with van der Waals surface area (Å²) < 4.78 is 6.03. The number of benzene rings is 1. The van der Waals surface area contributed by atoms with E-state index >= 15 is 0 Å². The molecule has 3 nitrogen and oxygen atoms in total. The Balaban J connectivity index is 1.49. The van der Waals surface area contributed by atoms with Crippen LogP contribution in [0.1, 0.15) is 38.5 Å². The van der Waals surface area contributed by atoms with E-state index in [0.717, 1.165) is 24.5 Å². The minimum Gasteiger partial charge on any atom is -0.485 e. The van der Waals surface area contributed by atoms with E-state index in [4.69, 9.17) is 4.74 Å². The molecule has 1 aromatic carbocycles. The Hall–Kier alpha value is -1.22. The molecule has 2 aliphatic rings. The number of rotatable bonds is 3. The van der Waals surface area contributed by atoms with Crippen molar-refractivity contribution in [3.63, 3.8) is 0 Å². The molecule has 0 amide bonds. The monoisotopic (exact) mass is 260 g/mol. The molecule has 19 heavy (non-hydrogen) atoms. The van der Waals surface area contributed by atoms with E-state index in [-0.39, 0.29) is 6.10 Å². The van der Waals surface area contributed by atoms with Crippen molar-refractivity contribution in [1.29, 1.82) is 0 Å². The number of ether oxygens (including phenoxy) is 1. The van der Waals surface area contributed by atoms with E-state index < -0.39 is 0 Å². The van der Waals surface area contributed by atoms with Gasteiger partial charge >= 0.3 is 0 Å². The van der Waals surface area contributed by atoms with Crippen molar-refractivity contribution in [3.05, 3.63) is 24.3 Å². The van der Waals surface area contributed by atoms with Crippen LogP contribution in [0.3, 0.4) is 0 Å². The van der Waals surface area contributed by atoms with Gasteiger partial charge in [0.1, 0.15) is 11.9 Å². The Kier molecular flexibility index (Phi) is 4.23. The van der Waals surface area contributed by atoms with Crippen molar-refractivity contribution in [2.45, 2.75) is 50.7 Å². The van der Waals surface area contributed by atoms with Crippen LogP contribution in [0.5, 0.6) is 5.75 Å². The number of fused-ring (bicyclic) bond motifs is 1. The highest BCUT2D eigenvalue weighted by molar-refractivity contribution is 5.57. The van der Waals surface area contributed by atoms with Crippen LogP contribution in [0.4, 0.5) is 5.69 Å². The van der Waals surface area contributed by atoms with Crippen molar-refractivity contribution in [2.24, 2.45) is 0 Å². The molecule has 1 aliphatic carbocycles. The molecule has 1 atom stereocenters. The van der Waals surface area contributed by atoms with Crippen molar-refractivity contribution < 1.29 is 4.74 Å². The van der Waals surface area contributed by atoms with Crippen LogP contribution in [-0.4, -0.2) is 25.2 Å². The Labute approximate surface area is 115 Å². The summed E-state index contributed by atoms with van der Waals surface area (Å²) in [7, 11) is 0. The van der Waals surface area contributed by atoms with Crippen molar-refractivity contribution >= 4 is 5.69 Å². The molecule has 0 spiro atoms. The average molecular weight is 260 g/mol. The lowest BCUT2D eigenvalue weighted by molar-refractivity contribution is 0.195. The molecule has 0 radical (unpaired) electrons. The minimum absolute atomic E-state index is 0.248. The highest BCUT2D eigenvalue weighted by Crippen LogP contribution is 2.28. The van der Waals surface area contributed by atoms with Crippen LogP contribution < -0.4 is 15.4 Å². The van der Waals surface area contributed by atoms with Gasteiger partial charge in [-0.05, 0) is 25.0 Å².